The number of hydrogen-bond acceptors (Lipinski definition) is 5. The van der Waals surface area contributed by atoms with Crippen LogP contribution in [0.25, 0.3) is 0 Å². The van der Waals surface area contributed by atoms with Gasteiger partial charge < -0.3 is 20.1 Å². The molecule has 9 unspecified atom stereocenters. The van der Waals surface area contributed by atoms with E-state index in [9.17, 15) is 20.1 Å². The van der Waals surface area contributed by atoms with Gasteiger partial charge in [-0.05, 0) is 31.6 Å². The molecule has 0 amide bonds. The fourth-order valence-electron chi connectivity index (χ4n) is 8.29. The average molecular weight is 358 g/mol. The topological polar surface area (TPSA) is 87.0 Å². The third kappa shape index (κ3) is 1.16. The van der Waals surface area contributed by atoms with Crippen LogP contribution >= 0.6 is 0 Å². The largest absolute Gasteiger partial charge is 0.388 e. The summed E-state index contributed by atoms with van der Waals surface area (Å²) in [5.74, 6) is -1.89. The first kappa shape index (κ1) is 16.0. The number of aliphatic hydroxyl groups excluding tert-OH is 2. The maximum Gasteiger partial charge on any atom is 0.206 e. The molecule has 2 aliphatic heterocycles. The number of Topliss-reactive ketones (excluding diaryl/α,β-unsaturated/α-hetero) is 1. The fraction of sp³-hybridized carbons (Fsp3) is 0.762. The zero-order chi connectivity index (χ0) is 18.4. The fourth-order valence-corrected chi connectivity index (χ4v) is 8.29. The van der Waals surface area contributed by atoms with Gasteiger partial charge in [-0.3, -0.25) is 4.79 Å². The lowest BCUT2D eigenvalue weighted by Crippen LogP contribution is -2.88. The molecule has 2 spiro atoms. The lowest BCUT2D eigenvalue weighted by atomic mass is 9.26. The van der Waals surface area contributed by atoms with Gasteiger partial charge in [0.2, 0.25) is 5.79 Å². The Morgan fingerprint density at radius 2 is 1.96 bits per heavy atom. The van der Waals surface area contributed by atoms with Gasteiger partial charge in [-0.15, -0.1) is 0 Å². The molecule has 3 saturated carbocycles. The normalized spacial score (nSPS) is 60.6. The highest BCUT2D eigenvalue weighted by molar-refractivity contribution is 6.12. The average Bonchev–Trinajstić information content (AvgIpc) is 2.58. The molecule has 5 heteroatoms. The van der Waals surface area contributed by atoms with Crippen LogP contribution in [0.3, 0.4) is 0 Å². The number of ketones is 1. The third-order valence-electron chi connectivity index (χ3n) is 9.35. The van der Waals surface area contributed by atoms with Crippen molar-refractivity contribution in [2.24, 2.45) is 39.9 Å². The van der Waals surface area contributed by atoms with Gasteiger partial charge in [0.25, 0.3) is 0 Å². The minimum absolute atomic E-state index is 0.00245. The maximum absolute atomic E-state index is 13.4. The summed E-state index contributed by atoms with van der Waals surface area (Å²) in [4.78, 5) is 13.4. The first-order valence-electron chi connectivity index (χ1n) is 9.83. The highest BCUT2D eigenvalue weighted by Crippen LogP contribution is 2.81. The van der Waals surface area contributed by atoms with Crippen LogP contribution in [0.1, 0.15) is 33.6 Å². The Bertz CT molecular complexity index is 826. The van der Waals surface area contributed by atoms with E-state index >= 15 is 0 Å². The van der Waals surface area contributed by atoms with Crippen molar-refractivity contribution in [3.05, 3.63) is 23.3 Å². The second-order valence-electron chi connectivity index (χ2n) is 10.2. The van der Waals surface area contributed by atoms with Gasteiger partial charge >= 0.3 is 0 Å². The monoisotopic (exact) mass is 358 g/mol. The van der Waals surface area contributed by atoms with Gasteiger partial charge in [0.05, 0.1) is 12.7 Å². The number of allylic oxidation sites excluding steroid dienone is 2. The molecule has 9 atom stereocenters. The Labute approximate surface area is 152 Å². The van der Waals surface area contributed by atoms with Crippen molar-refractivity contribution in [1.82, 2.24) is 0 Å². The number of rotatable bonds is 0. The number of aliphatic hydroxyl groups is 3. The van der Waals surface area contributed by atoms with Crippen molar-refractivity contribution >= 4 is 5.78 Å². The highest BCUT2D eigenvalue weighted by atomic mass is 16.6. The smallest absolute Gasteiger partial charge is 0.206 e. The molecule has 0 aromatic carbocycles. The van der Waals surface area contributed by atoms with Crippen LogP contribution in [0, 0.1) is 39.9 Å². The first-order valence-corrected chi connectivity index (χ1v) is 9.83. The molecule has 7 rings (SSSR count). The Kier molecular flexibility index (Phi) is 2.49. The minimum Gasteiger partial charge on any atom is -0.388 e. The van der Waals surface area contributed by atoms with E-state index in [1.165, 1.54) is 5.57 Å². The lowest BCUT2D eigenvalue weighted by molar-refractivity contribution is -0.445. The summed E-state index contributed by atoms with van der Waals surface area (Å²) in [7, 11) is 0. The molecule has 0 radical (unpaired) electrons. The van der Waals surface area contributed by atoms with Gasteiger partial charge in [-0.1, -0.05) is 31.6 Å². The zero-order valence-electron chi connectivity index (χ0n) is 15.4. The van der Waals surface area contributed by atoms with Crippen LogP contribution in [-0.4, -0.2) is 45.7 Å². The molecule has 7 aliphatic rings. The Morgan fingerprint density at radius 1 is 1.23 bits per heavy atom. The summed E-state index contributed by atoms with van der Waals surface area (Å²) in [5, 5.41) is 33.6. The van der Waals surface area contributed by atoms with E-state index in [0.717, 1.165) is 18.4 Å². The maximum atomic E-state index is 13.4. The van der Waals surface area contributed by atoms with Crippen molar-refractivity contribution in [2.45, 2.75) is 51.6 Å². The van der Waals surface area contributed by atoms with Crippen LogP contribution in [0.2, 0.25) is 0 Å². The van der Waals surface area contributed by atoms with Crippen molar-refractivity contribution in [2.75, 3.05) is 6.61 Å². The molecule has 5 nitrogen and oxygen atoms in total. The molecule has 3 N–H and O–H groups in total. The van der Waals surface area contributed by atoms with E-state index in [-0.39, 0.29) is 23.5 Å². The van der Waals surface area contributed by atoms with E-state index in [4.69, 9.17) is 4.74 Å². The van der Waals surface area contributed by atoms with Gasteiger partial charge in [0.15, 0.2) is 5.78 Å². The molecule has 5 aliphatic carbocycles. The van der Waals surface area contributed by atoms with Crippen LogP contribution in [0.5, 0.6) is 0 Å². The van der Waals surface area contributed by atoms with E-state index in [2.05, 4.69) is 0 Å². The third-order valence-corrected chi connectivity index (χ3v) is 9.35. The van der Waals surface area contributed by atoms with Gasteiger partial charge in [0, 0.05) is 28.2 Å². The van der Waals surface area contributed by atoms with Crippen molar-refractivity contribution in [3.63, 3.8) is 0 Å². The molecule has 0 aromatic rings. The lowest BCUT2D eigenvalue weighted by Gasteiger charge is -2.80. The predicted octanol–water partition coefficient (Wildman–Crippen LogP) is 1.18. The van der Waals surface area contributed by atoms with Crippen molar-refractivity contribution in [3.8, 4) is 0 Å². The van der Waals surface area contributed by atoms with Crippen LogP contribution in [0.15, 0.2) is 23.3 Å². The molecule has 5 fully saturated rings. The number of hydrogen-bond donors (Lipinski definition) is 3. The second kappa shape index (κ2) is 4.04. The Balaban J connectivity index is 1.63. The first-order chi connectivity index (χ1) is 12.2. The van der Waals surface area contributed by atoms with Crippen LogP contribution < -0.4 is 0 Å². The Hall–Kier alpha value is -1.01. The van der Waals surface area contributed by atoms with Crippen molar-refractivity contribution in [1.29, 1.82) is 0 Å². The molecule has 0 aromatic heterocycles. The van der Waals surface area contributed by atoms with Gasteiger partial charge in [-0.2, -0.15) is 0 Å². The summed E-state index contributed by atoms with van der Waals surface area (Å²) in [5.41, 5.74) is -0.0777. The Morgan fingerprint density at radius 3 is 2.69 bits per heavy atom. The summed E-state index contributed by atoms with van der Waals surface area (Å²) in [6.07, 6.45) is 3.81. The molecular formula is C21H26O5. The molecule has 2 heterocycles. The molecule has 2 bridgehead atoms. The number of carbonyl (C=O) groups excluding carboxylic acids is 1. The van der Waals surface area contributed by atoms with Crippen LogP contribution in [0.4, 0.5) is 0 Å². The molecular weight excluding hydrogens is 332 g/mol. The summed E-state index contributed by atoms with van der Waals surface area (Å²) >= 11 is 0. The van der Waals surface area contributed by atoms with E-state index < -0.39 is 34.2 Å². The second-order valence-corrected chi connectivity index (χ2v) is 10.2. The van der Waals surface area contributed by atoms with Gasteiger partial charge in [-0.25, -0.2) is 0 Å². The number of fused-ring (bicyclic) bond motifs is 1. The molecule has 140 valence electrons. The van der Waals surface area contributed by atoms with Crippen LogP contribution in [-0.2, 0) is 9.53 Å². The number of ether oxygens (including phenoxy) is 1. The summed E-state index contributed by atoms with van der Waals surface area (Å²) in [6, 6.07) is 0. The predicted molar refractivity (Wildman–Crippen MR) is 91.6 cm³/mol. The minimum atomic E-state index is -1.85. The molecule has 26 heavy (non-hydrogen) atoms. The zero-order valence-corrected chi connectivity index (χ0v) is 15.4. The highest BCUT2D eigenvalue weighted by Gasteiger charge is 2.89. The number of carbonyl (C=O) groups is 1. The summed E-state index contributed by atoms with van der Waals surface area (Å²) < 4.78 is 5.96. The summed E-state index contributed by atoms with van der Waals surface area (Å²) in [6.45, 7) is 6.22. The standard InChI is InChI=1S/C21H26O5/c1-9-10-4-5-11-19-7-6-12(22)18(2,3)15(19)17(24)21(25,26-8-19)20(11)14(10)13(9)16(20)23/h6-7,10-12,14-15,17,22,24-25H,4-5,8H2,1-3H3. The van der Waals surface area contributed by atoms with Gasteiger partial charge in [0.1, 0.15) is 11.5 Å². The van der Waals surface area contributed by atoms with E-state index in [0.29, 0.717) is 12.5 Å². The van der Waals surface area contributed by atoms with Crippen molar-refractivity contribution < 1.29 is 24.9 Å². The van der Waals surface area contributed by atoms with E-state index in [1.54, 1.807) is 0 Å². The van der Waals surface area contributed by atoms with E-state index in [1.807, 2.05) is 32.9 Å². The molecule has 2 saturated heterocycles. The SMILES string of the molecule is CC1=C2C(=O)C34C2C1CCC3C12C=CC(O)C(C)(C)C1C(O)C4(O)OC2. The quantitative estimate of drug-likeness (QED) is 0.566.